The maximum absolute atomic E-state index is 6.06. The molecule has 2 aromatic carbocycles. The van der Waals surface area contributed by atoms with Crippen LogP contribution in [-0.4, -0.2) is 7.11 Å². The molecule has 106 valence electrons. The van der Waals surface area contributed by atoms with Gasteiger partial charge >= 0.3 is 0 Å². The van der Waals surface area contributed by atoms with Gasteiger partial charge in [0.2, 0.25) is 0 Å². The van der Waals surface area contributed by atoms with Crippen molar-refractivity contribution < 1.29 is 9.47 Å². The molecule has 0 fully saturated rings. The Morgan fingerprint density at radius 3 is 2.25 bits per heavy atom. The third-order valence-electron chi connectivity index (χ3n) is 2.56. The second-order valence-corrected chi connectivity index (χ2v) is 6.06. The van der Waals surface area contributed by atoms with Crippen molar-refractivity contribution in [2.75, 3.05) is 7.11 Å². The lowest BCUT2D eigenvalue weighted by atomic mass is 10.2. The molecule has 0 radical (unpaired) electrons. The normalized spacial score (nSPS) is 10.4. The van der Waals surface area contributed by atoms with E-state index in [0.717, 1.165) is 15.8 Å². The molecule has 2 nitrogen and oxygen atoms in total. The summed E-state index contributed by atoms with van der Waals surface area (Å²) < 4.78 is 11.7. The highest BCUT2D eigenvalue weighted by Gasteiger charge is 2.10. The van der Waals surface area contributed by atoms with E-state index in [1.54, 1.807) is 19.2 Å². The van der Waals surface area contributed by atoms with Crippen LogP contribution in [0.2, 0.25) is 15.1 Å². The van der Waals surface area contributed by atoms with Crippen LogP contribution in [-0.2, 0) is 6.61 Å². The fourth-order valence-electron chi connectivity index (χ4n) is 1.62. The monoisotopic (exact) mass is 394 g/mol. The number of benzene rings is 2. The van der Waals surface area contributed by atoms with Crippen molar-refractivity contribution in [3.8, 4) is 11.5 Å². The molecule has 0 saturated heterocycles. The first-order chi connectivity index (χ1) is 9.51. The van der Waals surface area contributed by atoms with Crippen molar-refractivity contribution in [3.05, 3.63) is 55.4 Å². The molecule has 2 aromatic rings. The number of hydrogen-bond acceptors (Lipinski definition) is 2. The van der Waals surface area contributed by atoms with E-state index in [1.165, 1.54) is 0 Å². The van der Waals surface area contributed by atoms with Gasteiger partial charge in [-0.15, -0.1) is 0 Å². The van der Waals surface area contributed by atoms with Crippen molar-refractivity contribution in [2.24, 2.45) is 0 Å². The quantitative estimate of drug-likeness (QED) is 0.631. The van der Waals surface area contributed by atoms with Gasteiger partial charge in [-0.1, -0.05) is 40.9 Å². The zero-order valence-corrected chi connectivity index (χ0v) is 14.3. The molecule has 20 heavy (non-hydrogen) atoms. The molecule has 0 atom stereocenters. The molecule has 0 saturated carbocycles. The van der Waals surface area contributed by atoms with Crippen LogP contribution in [0.5, 0.6) is 11.5 Å². The Kier molecular flexibility index (Phi) is 5.44. The molecule has 0 aliphatic carbocycles. The van der Waals surface area contributed by atoms with E-state index >= 15 is 0 Å². The summed E-state index contributed by atoms with van der Waals surface area (Å²) in [4.78, 5) is 0. The molecule has 0 aliphatic rings. The SMILES string of the molecule is COc1ccc(COc2c(Cl)cc(Cl)cc2Cl)cc1Br. The van der Waals surface area contributed by atoms with Crippen LogP contribution in [0.3, 0.4) is 0 Å². The molecule has 0 amide bonds. The topological polar surface area (TPSA) is 18.5 Å². The molecule has 0 aliphatic heterocycles. The summed E-state index contributed by atoms with van der Waals surface area (Å²) in [5, 5.41) is 1.24. The second kappa shape index (κ2) is 6.90. The van der Waals surface area contributed by atoms with Gasteiger partial charge in [0.25, 0.3) is 0 Å². The standard InChI is InChI=1S/C14H10BrCl3O2/c1-19-13-3-2-8(4-10(13)15)7-20-14-11(17)5-9(16)6-12(14)18/h2-6H,7H2,1H3. The fourth-order valence-corrected chi connectivity index (χ4v) is 3.14. The Morgan fingerprint density at radius 1 is 1.05 bits per heavy atom. The van der Waals surface area contributed by atoms with E-state index < -0.39 is 0 Å². The van der Waals surface area contributed by atoms with Gasteiger partial charge in [0.1, 0.15) is 12.4 Å². The molecular formula is C14H10BrCl3O2. The lowest BCUT2D eigenvalue weighted by Crippen LogP contribution is -1.97. The van der Waals surface area contributed by atoms with E-state index in [2.05, 4.69) is 15.9 Å². The van der Waals surface area contributed by atoms with Crippen LogP contribution >= 0.6 is 50.7 Å². The maximum Gasteiger partial charge on any atom is 0.157 e. The molecule has 0 unspecified atom stereocenters. The summed E-state index contributed by atoms with van der Waals surface area (Å²) in [5.74, 6) is 1.18. The highest BCUT2D eigenvalue weighted by atomic mass is 79.9. The van der Waals surface area contributed by atoms with Gasteiger partial charge in [-0.05, 0) is 45.8 Å². The number of hydrogen-bond donors (Lipinski definition) is 0. The zero-order chi connectivity index (χ0) is 14.7. The van der Waals surface area contributed by atoms with Gasteiger partial charge in [-0.2, -0.15) is 0 Å². The molecule has 6 heteroatoms. The molecule has 0 spiro atoms. The predicted molar refractivity (Wildman–Crippen MR) is 86.5 cm³/mol. The van der Waals surface area contributed by atoms with Crippen molar-refractivity contribution in [2.45, 2.75) is 6.61 Å². The van der Waals surface area contributed by atoms with Crippen LogP contribution in [0.4, 0.5) is 0 Å². The van der Waals surface area contributed by atoms with Gasteiger partial charge < -0.3 is 9.47 Å². The first-order valence-corrected chi connectivity index (χ1v) is 7.53. The highest BCUT2D eigenvalue weighted by Crippen LogP contribution is 2.36. The van der Waals surface area contributed by atoms with Crippen LogP contribution in [0.1, 0.15) is 5.56 Å². The molecule has 2 rings (SSSR count). The van der Waals surface area contributed by atoms with Gasteiger partial charge in [0.05, 0.1) is 21.6 Å². The van der Waals surface area contributed by atoms with Gasteiger partial charge in [0.15, 0.2) is 5.75 Å². The minimum Gasteiger partial charge on any atom is -0.496 e. The minimum atomic E-state index is 0.337. The summed E-state index contributed by atoms with van der Waals surface area (Å²) in [6.45, 7) is 0.337. The summed E-state index contributed by atoms with van der Waals surface area (Å²) in [5.41, 5.74) is 0.958. The Hall–Kier alpha value is -0.610. The Balaban J connectivity index is 2.15. The number of ether oxygens (including phenoxy) is 2. The molecule has 0 aromatic heterocycles. The summed E-state index contributed by atoms with van der Waals surface area (Å²) in [6.07, 6.45) is 0. The average molecular weight is 396 g/mol. The lowest BCUT2D eigenvalue weighted by Gasteiger charge is -2.11. The van der Waals surface area contributed by atoms with E-state index in [-0.39, 0.29) is 0 Å². The van der Waals surface area contributed by atoms with Crippen LogP contribution < -0.4 is 9.47 Å². The van der Waals surface area contributed by atoms with Crippen LogP contribution in [0.25, 0.3) is 0 Å². The van der Waals surface area contributed by atoms with Gasteiger partial charge in [-0.25, -0.2) is 0 Å². The summed E-state index contributed by atoms with van der Waals surface area (Å²) in [7, 11) is 1.61. The molecular weight excluding hydrogens is 386 g/mol. The van der Waals surface area contributed by atoms with Crippen LogP contribution in [0, 0.1) is 0 Å². The number of methoxy groups -OCH3 is 1. The molecule has 0 heterocycles. The predicted octanol–water partition coefficient (Wildman–Crippen LogP) is 6.00. The van der Waals surface area contributed by atoms with Gasteiger partial charge in [0, 0.05) is 5.02 Å². The maximum atomic E-state index is 6.06. The third-order valence-corrected chi connectivity index (χ3v) is 3.96. The summed E-state index contributed by atoms with van der Waals surface area (Å²) >= 11 is 21.4. The first-order valence-electron chi connectivity index (χ1n) is 5.61. The van der Waals surface area contributed by atoms with Crippen molar-refractivity contribution >= 4 is 50.7 Å². The van der Waals surface area contributed by atoms with Gasteiger partial charge in [-0.3, -0.25) is 0 Å². The number of halogens is 4. The fraction of sp³-hybridized carbons (Fsp3) is 0.143. The minimum absolute atomic E-state index is 0.337. The van der Waals surface area contributed by atoms with E-state index in [1.807, 2.05) is 18.2 Å². The largest absolute Gasteiger partial charge is 0.496 e. The lowest BCUT2D eigenvalue weighted by molar-refractivity contribution is 0.306. The zero-order valence-electron chi connectivity index (χ0n) is 10.4. The highest BCUT2D eigenvalue weighted by molar-refractivity contribution is 9.10. The molecule has 0 bridgehead atoms. The van der Waals surface area contributed by atoms with E-state index in [0.29, 0.717) is 27.4 Å². The first kappa shape index (κ1) is 15.8. The Morgan fingerprint density at radius 2 is 1.70 bits per heavy atom. The Labute approximate surface area is 140 Å². The van der Waals surface area contributed by atoms with Crippen molar-refractivity contribution in [1.82, 2.24) is 0 Å². The van der Waals surface area contributed by atoms with Crippen LogP contribution in [0.15, 0.2) is 34.8 Å². The van der Waals surface area contributed by atoms with E-state index in [9.17, 15) is 0 Å². The second-order valence-electron chi connectivity index (χ2n) is 3.96. The average Bonchev–Trinajstić information content (AvgIpc) is 2.37. The van der Waals surface area contributed by atoms with Crippen molar-refractivity contribution in [1.29, 1.82) is 0 Å². The Bertz CT molecular complexity index is 609. The smallest absolute Gasteiger partial charge is 0.157 e. The van der Waals surface area contributed by atoms with E-state index in [4.69, 9.17) is 44.3 Å². The summed E-state index contributed by atoms with van der Waals surface area (Å²) in [6, 6.07) is 8.86. The third kappa shape index (κ3) is 3.73. The molecule has 0 N–H and O–H groups in total. The van der Waals surface area contributed by atoms with Crippen molar-refractivity contribution in [3.63, 3.8) is 0 Å². The number of rotatable bonds is 4.